The number of anilines is 1. The molecule has 102 valence electrons. The second kappa shape index (κ2) is 5.25. The van der Waals surface area contributed by atoms with E-state index in [2.05, 4.69) is 31.1 Å². The Bertz CT molecular complexity index is 553. The van der Waals surface area contributed by atoms with Crippen LogP contribution in [0.1, 0.15) is 30.7 Å². The summed E-state index contributed by atoms with van der Waals surface area (Å²) < 4.78 is 26.9. The number of nitrogens with zero attached hydrogens (tertiary/aromatic N) is 1. The van der Waals surface area contributed by atoms with Crippen LogP contribution in [0.15, 0.2) is 24.4 Å². The topological polar surface area (TPSA) is 24.9 Å². The van der Waals surface area contributed by atoms with Crippen molar-refractivity contribution >= 4 is 17.0 Å². The maximum atomic E-state index is 13.4. The van der Waals surface area contributed by atoms with E-state index in [1.54, 1.807) is 17.5 Å². The summed E-state index contributed by atoms with van der Waals surface area (Å²) in [5, 5.41) is 3.80. The van der Waals surface area contributed by atoms with Gasteiger partial charge in [0.1, 0.15) is 17.3 Å². The van der Waals surface area contributed by atoms with E-state index in [-0.39, 0.29) is 11.1 Å². The largest absolute Gasteiger partial charge is 0.375 e. The standard InChI is InChI=1S/C14H16F2N2S/c1-14(2,3)13-18-8-9(19-13)7-17-12-10(15)5-4-6-11(12)16/h4-6,8,17H,7H2,1-3H3. The molecule has 0 aliphatic rings. The van der Waals surface area contributed by atoms with E-state index in [1.165, 1.54) is 18.2 Å². The first-order valence-electron chi connectivity index (χ1n) is 6.01. The number of thiazole rings is 1. The average molecular weight is 282 g/mol. The van der Waals surface area contributed by atoms with E-state index in [9.17, 15) is 8.78 Å². The Kier molecular flexibility index (Phi) is 3.85. The molecule has 0 bridgehead atoms. The highest BCUT2D eigenvalue weighted by Crippen LogP contribution is 2.27. The molecule has 2 rings (SSSR count). The average Bonchev–Trinajstić information content (AvgIpc) is 2.77. The second-order valence-corrected chi connectivity index (χ2v) is 6.45. The molecular formula is C14H16F2N2S. The van der Waals surface area contributed by atoms with Gasteiger partial charge < -0.3 is 5.32 Å². The van der Waals surface area contributed by atoms with Gasteiger partial charge >= 0.3 is 0 Å². The zero-order chi connectivity index (χ0) is 14.0. The molecule has 0 atom stereocenters. The lowest BCUT2D eigenvalue weighted by molar-refractivity contribution is 0.585. The molecule has 1 N–H and O–H groups in total. The Morgan fingerprint density at radius 2 is 1.84 bits per heavy atom. The molecule has 0 saturated heterocycles. The molecule has 0 saturated carbocycles. The highest BCUT2D eigenvalue weighted by molar-refractivity contribution is 7.11. The first-order chi connectivity index (χ1) is 8.88. The zero-order valence-corrected chi connectivity index (χ0v) is 11.9. The molecule has 0 radical (unpaired) electrons. The summed E-state index contributed by atoms with van der Waals surface area (Å²) in [7, 11) is 0. The minimum atomic E-state index is -0.583. The number of aromatic nitrogens is 1. The summed E-state index contributed by atoms with van der Waals surface area (Å²) in [6, 6.07) is 3.82. The van der Waals surface area contributed by atoms with E-state index in [0.29, 0.717) is 6.54 Å². The van der Waals surface area contributed by atoms with E-state index in [0.717, 1.165) is 9.88 Å². The van der Waals surface area contributed by atoms with Crippen LogP contribution in [-0.2, 0) is 12.0 Å². The minimum Gasteiger partial charge on any atom is -0.375 e. The normalized spacial score (nSPS) is 11.6. The van der Waals surface area contributed by atoms with Crippen LogP contribution in [-0.4, -0.2) is 4.98 Å². The molecule has 0 spiro atoms. The Morgan fingerprint density at radius 1 is 1.21 bits per heavy atom. The second-order valence-electron chi connectivity index (χ2n) is 5.33. The summed E-state index contributed by atoms with van der Waals surface area (Å²) in [4.78, 5) is 5.29. The van der Waals surface area contributed by atoms with Crippen LogP contribution in [0, 0.1) is 11.6 Å². The third kappa shape index (κ3) is 3.29. The number of halogens is 2. The van der Waals surface area contributed by atoms with Crippen LogP contribution < -0.4 is 5.32 Å². The molecule has 1 heterocycles. The number of rotatable bonds is 3. The van der Waals surface area contributed by atoms with E-state index in [1.807, 2.05) is 0 Å². The molecule has 0 aliphatic heterocycles. The van der Waals surface area contributed by atoms with Gasteiger partial charge in [0.25, 0.3) is 0 Å². The van der Waals surface area contributed by atoms with Crippen LogP contribution in [0.5, 0.6) is 0 Å². The van der Waals surface area contributed by atoms with Gasteiger partial charge in [0.2, 0.25) is 0 Å². The molecule has 2 aromatic rings. The van der Waals surface area contributed by atoms with Crippen LogP contribution >= 0.6 is 11.3 Å². The van der Waals surface area contributed by atoms with Crippen molar-refractivity contribution in [3.63, 3.8) is 0 Å². The Balaban J connectivity index is 2.09. The van der Waals surface area contributed by atoms with Gasteiger partial charge in [0.15, 0.2) is 0 Å². The van der Waals surface area contributed by atoms with Crippen molar-refractivity contribution in [3.05, 3.63) is 45.9 Å². The molecule has 0 fully saturated rings. The summed E-state index contributed by atoms with van der Waals surface area (Å²) in [6.07, 6.45) is 1.75. The summed E-state index contributed by atoms with van der Waals surface area (Å²) in [5.41, 5.74) is -0.0974. The molecular weight excluding hydrogens is 266 g/mol. The van der Waals surface area contributed by atoms with Gasteiger partial charge in [-0.3, -0.25) is 0 Å². The smallest absolute Gasteiger partial charge is 0.149 e. The number of hydrogen-bond acceptors (Lipinski definition) is 3. The number of para-hydroxylation sites is 1. The van der Waals surface area contributed by atoms with Crippen molar-refractivity contribution in [1.29, 1.82) is 0 Å². The quantitative estimate of drug-likeness (QED) is 0.906. The Morgan fingerprint density at radius 3 is 2.37 bits per heavy atom. The van der Waals surface area contributed by atoms with Gasteiger partial charge in [0, 0.05) is 16.5 Å². The maximum Gasteiger partial charge on any atom is 0.149 e. The third-order valence-corrected chi connectivity index (χ3v) is 4.02. The molecule has 19 heavy (non-hydrogen) atoms. The summed E-state index contributed by atoms with van der Waals surface area (Å²) in [5.74, 6) is -1.17. The number of hydrogen-bond donors (Lipinski definition) is 1. The first-order valence-corrected chi connectivity index (χ1v) is 6.82. The van der Waals surface area contributed by atoms with Crippen molar-refractivity contribution < 1.29 is 8.78 Å². The number of nitrogens with one attached hydrogen (secondary N) is 1. The molecule has 0 amide bonds. The highest BCUT2D eigenvalue weighted by atomic mass is 32.1. The predicted octanol–water partition coefficient (Wildman–Crippen LogP) is 4.33. The minimum absolute atomic E-state index is 0.00777. The summed E-state index contributed by atoms with van der Waals surface area (Å²) in [6.45, 7) is 6.62. The lowest BCUT2D eigenvalue weighted by Gasteiger charge is -2.13. The van der Waals surface area contributed by atoms with E-state index >= 15 is 0 Å². The fraction of sp³-hybridized carbons (Fsp3) is 0.357. The lowest BCUT2D eigenvalue weighted by Crippen LogP contribution is -2.09. The van der Waals surface area contributed by atoms with Gasteiger partial charge in [-0.15, -0.1) is 11.3 Å². The Hall–Kier alpha value is -1.49. The molecule has 0 aliphatic carbocycles. The monoisotopic (exact) mass is 282 g/mol. The molecule has 2 nitrogen and oxygen atoms in total. The van der Waals surface area contributed by atoms with Crippen LogP contribution in [0.2, 0.25) is 0 Å². The third-order valence-electron chi connectivity index (χ3n) is 2.60. The van der Waals surface area contributed by atoms with Crippen molar-refractivity contribution in [2.45, 2.75) is 32.7 Å². The van der Waals surface area contributed by atoms with Gasteiger partial charge in [-0.2, -0.15) is 0 Å². The van der Waals surface area contributed by atoms with Crippen LogP contribution in [0.3, 0.4) is 0 Å². The van der Waals surface area contributed by atoms with Gasteiger partial charge in [-0.25, -0.2) is 13.8 Å². The van der Waals surface area contributed by atoms with Crippen LogP contribution in [0.25, 0.3) is 0 Å². The van der Waals surface area contributed by atoms with Crippen molar-refractivity contribution in [1.82, 2.24) is 4.98 Å². The molecule has 0 unspecified atom stereocenters. The molecule has 1 aromatic carbocycles. The molecule has 5 heteroatoms. The fourth-order valence-electron chi connectivity index (χ4n) is 1.58. The van der Waals surface area contributed by atoms with Crippen LogP contribution in [0.4, 0.5) is 14.5 Å². The van der Waals surface area contributed by atoms with Crippen molar-refractivity contribution in [2.24, 2.45) is 0 Å². The Labute approximate surface area is 115 Å². The SMILES string of the molecule is CC(C)(C)c1ncc(CNc2c(F)cccc2F)s1. The van der Waals surface area contributed by atoms with Crippen molar-refractivity contribution in [2.75, 3.05) is 5.32 Å². The van der Waals surface area contributed by atoms with E-state index < -0.39 is 11.6 Å². The predicted molar refractivity (Wildman–Crippen MR) is 74.5 cm³/mol. The maximum absolute atomic E-state index is 13.4. The fourth-order valence-corrected chi connectivity index (χ4v) is 2.49. The lowest BCUT2D eigenvalue weighted by atomic mass is 9.98. The number of benzene rings is 1. The zero-order valence-electron chi connectivity index (χ0n) is 11.1. The summed E-state index contributed by atoms with van der Waals surface area (Å²) >= 11 is 1.55. The van der Waals surface area contributed by atoms with E-state index in [4.69, 9.17) is 0 Å². The highest BCUT2D eigenvalue weighted by Gasteiger charge is 2.18. The van der Waals surface area contributed by atoms with Crippen molar-refractivity contribution in [3.8, 4) is 0 Å². The van der Waals surface area contributed by atoms with Gasteiger partial charge in [0.05, 0.1) is 11.6 Å². The van der Waals surface area contributed by atoms with Gasteiger partial charge in [-0.05, 0) is 12.1 Å². The molecule has 1 aromatic heterocycles. The first kappa shape index (κ1) is 13.9. The van der Waals surface area contributed by atoms with Gasteiger partial charge in [-0.1, -0.05) is 26.8 Å².